The van der Waals surface area contributed by atoms with E-state index < -0.39 is 5.97 Å². The van der Waals surface area contributed by atoms with Crippen molar-refractivity contribution in [3.63, 3.8) is 0 Å². The molecule has 6 nitrogen and oxygen atoms in total. The van der Waals surface area contributed by atoms with Gasteiger partial charge in [-0.15, -0.1) is 0 Å². The maximum Gasteiger partial charge on any atom is 0.303 e. The number of hydrogen-bond donors (Lipinski definition) is 1. The number of carbonyl (C=O) groups is 1. The van der Waals surface area contributed by atoms with Crippen LogP contribution in [-0.2, 0) is 11.2 Å². The molecule has 1 heterocycles. The second-order valence-electron chi connectivity index (χ2n) is 3.60. The average molecular weight is 227 g/mol. The third-order valence-electron chi connectivity index (χ3n) is 2.30. The first-order valence-corrected chi connectivity index (χ1v) is 5.39. The lowest BCUT2D eigenvalue weighted by molar-refractivity contribution is -0.137. The smallest absolute Gasteiger partial charge is 0.303 e. The lowest BCUT2D eigenvalue weighted by Gasteiger charge is -2.08. The molecule has 0 aromatic carbocycles. The highest BCUT2D eigenvalue weighted by Gasteiger charge is 2.08. The summed E-state index contributed by atoms with van der Waals surface area (Å²) in [7, 11) is 1.89. The number of carboxylic acids is 1. The number of rotatable bonds is 7. The summed E-state index contributed by atoms with van der Waals surface area (Å²) in [6.45, 7) is 2.82. The summed E-state index contributed by atoms with van der Waals surface area (Å²) in [5.41, 5.74) is 0. The van der Waals surface area contributed by atoms with Gasteiger partial charge in [-0.1, -0.05) is 0 Å². The molecule has 0 amide bonds. The van der Waals surface area contributed by atoms with E-state index in [-0.39, 0.29) is 6.42 Å². The molecule has 0 aliphatic rings. The Bertz CT molecular complexity index is 338. The summed E-state index contributed by atoms with van der Waals surface area (Å²) in [5.74, 6) is 0.383. The fraction of sp³-hybridized carbons (Fsp3) is 0.700. The van der Waals surface area contributed by atoms with E-state index in [1.807, 2.05) is 18.9 Å². The minimum atomic E-state index is -0.767. The van der Waals surface area contributed by atoms with Crippen LogP contribution >= 0.6 is 0 Å². The van der Waals surface area contributed by atoms with Crippen LogP contribution in [0.25, 0.3) is 0 Å². The molecule has 0 saturated heterocycles. The predicted molar refractivity (Wildman–Crippen MR) is 58.4 cm³/mol. The lowest BCUT2D eigenvalue weighted by Crippen LogP contribution is -2.17. The Labute approximate surface area is 94.3 Å². The van der Waals surface area contributed by atoms with Crippen molar-refractivity contribution in [1.29, 1.82) is 0 Å². The monoisotopic (exact) mass is 227 g/mol. The minimum Gasteiger partial charge on any atom is -0.481 e. The SMILES string of the molecule is CCN(C)c1noc(CCCCC(=O)O)n1. The van der Waals surface area contributed by atoms with Crippen molar-refractivity contribution in [1.82, 2.24) is 10.1 Å². The first-order chi connectivity index (χ1) is 7.63. The van der Waals surface area contributed by atoms with E-state index in [0.717, 1.165) is 13.0 Å². The summed E-state index contributed by atoms with van der Waals surface area (Å²) in [6, 6.07) is 0. The van der Waals surface area contributed by atoms with Crippen LogP contribution in [0.5, 0.6) is 0 Å². The summed E-state index contributed by atoms with van der Waals surface area (Å²) in [4.78, 5) is 16.4. The molecule has 90 valence electrons. The molecule has 0 unspecified atom stereocenters. The number of nitrogens with zero attached hydrogens (tertiary/aromatic N) is 3. The minimum absolute atomic E-state index is 0.190. The molecule has 16 heavy (non-hydrogen) atoms. The Kier molecular flexibility index (Phi) is 4.75. The molecule has 0 aliphatic heterocycles. The molecule has 0 bridgehead atoms. The molecule has 1 N–H and O–H groups in total. The number of aromatic nitrogens is 2. The standard InChI is InChI=1S/C10H17N3O3/c1-3-13(2)10-11-8(16-12-10)6-4-5-7-9(14)15/h3-7H2,1-2H3,(H,14,15). The fourth-order valence-electron chi connectivity index (χ4n) is 1.20. The van der Waals surface area contributed by atoms with E-state index in [2.05, 4.69) is 10.1 Å². The van der Waals surface area contributed by atoms with Gasteiger partial charge in [0.05, 0.1) is 0 Å². The van der Waals surface area contributed by atoms with Gasteiger partial charge in [-0.05, 0) is 24.9 Å². The van der Waals surface area contributed by atoms with E-state index in [9.17, 15) is 4.79 Å². The molecular formula is C10H17N3O3. The van der Waals surface area contributed by atoms with Crippen molar-refractivity contribution >= 4 is 11.9 Å². The van der Waals surface area contributed by atoms with Gasteiger partial charge in [0.15, 0.2) is 0 Å². The van der Waals surface area contributed by atoms with E-state index in [1.165, 1.54) is 0 Å². The predicted octanol–water partition coefficient (Wildman–Crippen LogP) is 1.32. The molecule has 1 aromatic heterocycles. The normalized spacial score (nSPS) is 10.4. The van der Waals surface area contributed by atoms with Crippen LogP contribution in [0.4, 0.5) is 5.95 Å². The zero-order valence-corrected chi connectivity index (χ0v) is 9.64. The Hall–Kier alpha value is -1.59. The van der Waals surface area contributed by atoms with Gasteiger partial charge in [0.25, 0.3) is 5.95 Å². The van der Waals surface area contributed by atoms with Gasteiger partial charge in [0, 0.05) is 26.4 Å². The Balaban J connectivity index is 2.32. The topological polar surface area (TPSA) is 79.5 Å². The number of anilines is 1. The van der Waals surface area contributed by atoms with Gasteiger partial charge in [0.2, 0.25) is 5.89 Å². The van der Waals surface area contributed by atoms with Crippen molar-refractivity contribution in [2.75, 3.05) is 18.5 Å². The van der Waals surface area contributed by atoms with Gasteiger partial charge < -0.3 is 14.5 Å². The van der Waals surface area contributed by atoms with Crippen LogP contribution in [0.1, 0.15) is 32.1 Å². The van der Waals surface area contributed by atoms with Crippen LogP contribution in [-0.4, -0.2) is 34.8 Å². The Morgan fingerprint density at radius 3 is 2.88 bits per heavy atom. The van der Waals surface area contributed by atoms with Crippen molar-refractivity contribution in [3.8, 4) is 0 Å². The second-order valence-corrected chi connectivity index (χ2v) is 3.60. The zero-order chi connectivity index (χ0) is 12.0. The summed E-state index contributed by atoms with van der Waals surface area (Å²) in [5, 5.41) is 12.3. The van der Waals surface area contributed by atoms with Gasteiger partial charge in [-0.3, -0.25) is 4.79 Å². The highest BCUT2D eigenvalue weighted by molar-refractivity contribution is 5.66. The third-order valence-corrected chi connectivity index (χ3v) is 2.30. The summed E-state index contributed by atoms with van der Waals surface area (Å²) >= 11 is 0. The van der Waals surface area contributed by atoms with Crippen molar-refractivity contribution in [2.45, 2.75) is 32.6 Å². The van der Waals surface area contributed by atoms with Crippen LogP contribution < -0.4 is 4.90 Å². The van der Waals surface area contributed by atoms with Gasteiger partial charge in [0.1, 0.15) is 0 Å². The van der Waals surface area contributed by atoms with Crippen molar-refractivity contribution in [3.05, 3.63) is 5.89 Å². The molecule has 1 rings (SSSR count). The zero-order valence-electron chi connectivity index (χ0n) is 9.64. The molecule has 0 saturated carbocycles. The number of hydrogen-bond acceptors (Lipinski definition) is 5. The van der Waals surface area contributed by atoms with Crippen LogP contribution in [0.2, 0.25) is 0 Å². The number of unbranched alkanes of at least 4 members (excludes halogenated alkanes) is 1. The van der Waals surface area contributed by atoms with E-state index in [0.29, 0.717) is 24.7 Å². The molecule has 0 radical (unpaired) electrons. The largest absolute Gasteiger partial charge is 0.481 e. The van der Waals surface area contributed by atoms with Crippen molar-refractivity contribution < 1.29 is 14.4 Å². The highest BCUT2D eigenvalue weighted by Crippen LogP contribution is 2.09. The maximum absolute atomic E-state index is 10.3. The van der Waals surface area contributed by atoms with Crippen molar-refractivity contribution in [2.24, 2.45) is 0 Å². The second kappa shape index (κ2) is 6.09. The van der Waals surface area contributed by atoms with E-state index in [4.69, 9.17) is 9.63 Å². The maximum atomic E-state index is 10.3. The quantitative estimate of drug-likeness (QED) is 0.708. The molecule has 0 spiro atoms. The van der Waals surface area contributed by atoms with Crippen LogP contribution in [0, 0.1) is 0 Å². The van der Waals surface area contributed by atoms with Gasteiger partial charge in [-0.2, -0.15) is 4.98 Å². The fourth-order valence-corrected chi connectivity index (χ4v) is 1.20. The lowest BCUT2D eigenvalue weighted by atomic mass is 10.2. The first kappa shape index (κ1) is 12.5. The Morgan fingerprint density at radius 1 is 1.50 bits per heavy atom. The summed E-state index contributed by atoms with van der Waals surface area (Å²) in [6.07, 6.45) is 2.22. The molecule has 0 aliphatic carbocycles. The van der Waals surface area contributed by atoms with Crippen LogP contribution in [0.15, 0.2) is 4.52 Å². The van der Waals surface area contributed by atoms with Gasteiger partial charge in [-0.25, -0.2) is 0 Å². The third kappa shape index (κ3) is 3.88. The molecule has 6 heteroatoms. The molecular weight excluding hydrogens is 210 g/mol. The molecule has 0 atom stereocenters. The molecule has 0 fully saturated rings. The van der Waals surface area contributed by atoms with Crippen LogP contribution in [0.3, 0.4) is 0 Å². The highest BCUT2D eigenvalue weighted by atomic mass is 16.5. The Morgan fingerprint density at radius 2 is 2.25 bits per heavy atom. The number of carboxylic acid groups (broad SMARTS) is 1. The van der Waals surface area contributed by atoms with Gasteiger partial charge >= 0.3 is 5.97 Å². The number of aryl methyl sites for hydroxylation is 1. The van der Waals surface area contributed by atoms with E-state index >= 15 is 0 Å². The summed E-state index contributed by atoms with van der Waals surface area (Å²) < 4.78 is 5.04. The molecule has 1 aromatic rings. The van der Waals surface area contributed by atoms with E-state index in [1.54, 1.807) is 0 Å². The number of aliphatic carboxylic acids is 1. The average Bonchev–Trinajstić information content (AvgIpc) is 2.71. The first-order valence-electron chi connectivity index (χ1n) is 5.39.